The molecule has 0 aliphatic rings. The molecule has 2 aromatic carbocycles. The summed E-state index contributed by atoms with van der Waals surface area (Å²) in [5.74, 6) is -0.735. The van der Waals surface area contributed by atoms with Gasteiger partial charge in [0.05, 0.1) is 0 Å². The van der Waals surface area contributed by atoms with E-state index in [0.717, 1.165) is 18.4 Å². The number of phenolic OH excluding ortho intramolecular Hbond substituents is 1. The summed E-state index contributed by atoms with van der Waals surface area (Å²) in [4.78, 5) is 41.8. The average molecular weight is 544 g/mol. The van der Waals surface area contributed by atoms with Gasteiger partial charge in [0.1, 0.15) is 23.4 Å². The first-order valence-electron chi connectivity index (χ1n) is 12.9. The van der Waals surface area contributed by atoms with Crippen molar-refractivity contribution in [3.05, 3.63) is 59.2 Å². The van der Waals surface area contributed by atoms with Crippen molar-refractivity contribution < 1.29 is 24.2 Å². The molecule has 0 spiro atoms. The van der Waals surface area contributed by atoms with Crippen LogP contribution in [0.2, 0.25) is 0 Å². The Bertz CT molecular complexity index is 1120. The Hall–Kier alpha value is -3.20. The number of phenols is 1. The molecule has 208 valence electrons. The van der Waals surface area contributed by atoms with Gasteiger partial charge in [0, 0.05) is 18.0 Å². The zero-order valence-electron chi connectivity index (χ0n) is 23.2. The number of unbranched alkanes of at least 4 members (excludes halogenated alkanes) is 2. The molecule has 0 aliphatic carbocycles. The predicted octanol–water partition coefficient (Wildman–Crippen LogP) is 5.53. The number of nitrogens with zero attached hydrogens (tertiary/aromatic N) is 1. The van der Waals surface area contributed by atoms with Crippen LogP contribution in [-0.2, 0) is 14.3 Å². The second-order valence-electron chi connectivity index (χ2n) is 10.4. The number of thiol groups is 1. The standard InChI is InChI=1S/C29H41N3O5S/c1-7-8-11-16-32(27(35)23(18-38)31-28(36)37-29(4,5)6)25(21-14-15-24(33)20(3)17-21)26(34)30-22-13-10-9-12-19(22)2/h9-10,12-15,17,23,25,33,38H,7-8,11,16,18H2,1-6H3,(H,30,34)(H,31,36). The third-order valence-corrected chi connectivity index (χ3v) is 6.32. The summed E-state index contributed by atoms with van der Waals surface area (Å²) in [7, 11) is 0. The molecule has 3 N–H and O–H groups in total. The molecule has 2 rings (SSSR count). The molecule has 0 fully saturated rings. The summed E-state index contributed by atoms with van der Waals surface area (Å²) in [6.45, 7) is 11.2. The number of aromatic hydroxyl groups is 1. The molecule has 2 aromatic rings. The summed E-state index contributed by atoms with van der Waals surface area (Å²) in [5, 5.41) is 15.7. The number of benzene rings is 2. The van der Waals surface area contributed by atoms with Gasteiger partial charge in [0.2, 0.25) is 5.91 Å². The van der Waals surface area contributed by atoms with Gasteiger partial charge in [-0.25, -0.2) is 4.79 Å². The third-order valence-electron chi connectivity index (χ3n) is 5.96. The van der Waals surface area contributed by atoms with E-state index in [4.69, 9.17) is 4.74 Å². The lowest BCUT2D eigenvalue weighted by Gasteiger charge is -2.34. The van der Waals surface area contributed by atoms with Crippen LogP contribution in [0.15, 0.2) is 42.5 Å². The molecule has 9 heteroatoms. The van der Waals surface area contributed by atoms with Crippen molar-refractivity contribution in [2.45, 2.75) is 78.5 Å². The third kappa shape index (κ3) is 8.97. The molecule has 38 heavy (non-hydrogen) atoms. The van der Waals surface area contributed by atoms with E-state index in [-0.39, 0.29) is 11.5 Å². The Kier molecular flexibility index (Phi) is 11.5. The van der Waals surface area contributed by atoms with Crippen LogP contribution in [-0.4, -0.2) is 51.9 Å². The molecule has 0 aliphatic heterocycles. The molecule has 8 nitrogen and oxygen atoms in total. The summed E-state index contributed by atoms with van der Waals surface area (Å²) in [5.41, 5.74) is 1.90. The van der Waals surface area contributed by atoms with Crippen LogP contribution in [0, 0.1) is 13.8 Å². The van der Waals surface area contributed by atoms with E-state index < -0.39 is 35.6 Å². The predicted molar refractivity (Wildman–Crippen MR) is 154 cm³/mol. The highest BCUT2D eigenvalue weighted by Crippen LogP contribution is 2.29. The summed E-state index contributed by atoms with van der Waals surface area (Å²) in [6.07, 6.45) is 1.71. The largest absolute Gasteiger partial charge is 0.508 e. The fraction of sp³-hybridized carbons (Fsp3) is 0.483. The van der Waals surface area contributed by atoms with E-state index >= 15 is 0 Å². The Morgan fingerprint density at radius 2 is 1.74 bits per heavy atom. The first kappa shape index (κ1) is 31.0. The van der Waals surface area contributed by atoms with Crippen molar-refractivity contribution in [2.75, 3.05) is 17.6 Å². The average Bonchev–Trinajstić information content (AvgIpc) is 2.84. The quantitative estimate of drug-likeness (QED) is 0.220. The fourth-order valence-electron chi connectivity index (χ4n) is 3.97. The van der Waals surface area contributed by atoms with Gasteiger partial charge in [-0.15, -0.1) is 0 Å². The van der Waals surface area contributed by atoms with Crippen LogP contribution in [0.3, 0.4) is 0 Å². The van der Waals surface area contributed by atoms with Gasteiger partial charge in [-0.05, 0) is 75.9 Å². The Labute approximate surface area is 231 Å². The number of ether oxygens (including phenoxy) is 1. The van der Waals surface area contributed by atoms with Crippen molar-refractivity contribution in [3.8, 4) is 5.75 Å². The molecule has 2 unspecified atom stereocenters. The molecular weight excluding hydrogens is 502 g/mol. The number of hydrogen-bond donors (Lipinski definition) is 4. The van der Waals surface area contributed by atoms with Gasteiger partial charge >= 0.3 is 6.09 Å². The smallest absolute Gasteiger partial charge is 0.408 e. The van der Waals surface area contributed by atoms with Crippen molar-refractivity contribution in [2.24, 2.45) is 0 Å². The monoisotopic (exact) mass is 543 g/mol. The first-order chi connectivity index (χ1) is 17.9. The number of anilines is 1. The van der Waals surface area contributed by atoms with E-state index in [1.54, 1.807) is 45.9 Å². The molecule has 0 radical (unpaired) electrons. The highest BCUT2D eigenvalue weighted by molar-refractivity contribution is 7.80. The highest BCUT2D eigenvalue weighted by Gasteiger charge is 2.36. The van der Waals surface area contributed by atoms with Crippen LogP contribution in [0.25, 0.3) is 0 Å². The van der Waals surface area contributed by atoms with E-state index in [2.05, 4.69) is 30.2 Å². The van der Waals surface area contributed by atoms with Crippen molar-refractivity contribution in [1.82, 2.24) is 10.2 Å². The number of carbonyl (C=O) groups excluding carboxylic acids is 3. The molecule has 0 aromatic heterocycles. The second-order valence-corrected chi connectivity index (χ2v) is 10.7. The minimum absolute atomic E-state index is 0.0170. The maximum Gasteiger partial charge on any atom is 0.408 e. The lowest BCUT2D eigenvalue weighted by Crippen LogP contribution is -2.53. The van der Waals surface area contributed by atoms with Crippen molar-refractivity contribution >= 4 is 36.2 Å². The number of aryl methyl sites for hydroxylation is 2. The van der Waals surface area contributed by atoms with Gasteiger partial charge in [-0.1, -0.05) is 44.0 Å². The lowest BCUT2D eigenvalue weighted by atomic mass is 9.99. The number of carbonyl (C=O) groups is 3. The van der Waals surface area contributed by atoms with E-state index in [1.165, 1.54) is 11.0 Å². The summed E-state index contributed by atoms with van der Waals surface area (Å²) in [6, 6.07) is 10.2. The molecule has 2 atom stereocenters. The number of rotatable bonds is 11. The number of hydrogen-bond acceptors (Lipinski definition) is 6. The molecule has 0 bridgehead atoms. The SMILES string of the molecule is CCCCCN(C(=O)C(CS)NC(=O)OC(C)(C)C)C(C(=O)Nc1ccccc1C)c1ccc(O)c(C)c1. The van der Waals surface area contributed by atoms with E-state index in [1.807, 2.05) is 25.1 Å². The molecule has 3 amide bonds. The topological polar surface area (TPSA) is 108 Å². The van der Waals surface area contributed by atoms with Crippen LogP contribution in [0.5, 0.6) is 5.75 Å². The highest BCUT2D eigenvalue weighted by atomic mass is 32.1. The minimum Gasteiger partial charge on any atom is -0.508 e. The maximum atomic E-state index is 13.9. The second kappa shape index (κ2) is 14.1. The Balaban J connectivity index is 2.52. The lowest BCUT2D eigenvalue weighted by molar-refractivity contribution is -0.140. The van der Waals surface area contributed by atoms with Gasteiger partial charge in [-0.3, -0.25) is 9.59 Å². The first-order valence-corrected chi connectivity index (χ1v) is 13.6. The van der Waals surface area contributed by atoms with Gasteiger partial charge in [0.25, 0.3) is 5.91 Å². The van der Waals surface area contributed by atoms with Gasteiger partial charge < -0.3 is 25.4 Å². The van der Waals surface area contributed by atoms with Crippen LogP contribution in [0.1, 0.15) is 69.7 Å². The fourth-order valence-corrected chi connectivity index (χ4v) is 4.22. The van der Waals surface area contributed by atoms with Gasteiger partial charge in [-0.2, -0.15) is 12.6 Å². The molecule has 0 heterocycles. The normalized spacial score (nSPS) is 12.8. The van der Waals surface area contributed by atoms with Gasteiger partial charge in [0.15, 0.2) is 0 Å². The van der Waals surface area contributed by atoms with Crippen LogP contribution in [0.4, 0.5) is 10.5 Å². The summed E-state index contributed by atoms with van der Waals surface area (Å²) < 4.78 is 5.35. The van der Waals surface area contributed by atoms with E-state index in [9.17, 15) is 19.5 Å². The Morgan fingerprint density at radius 1 is 1.05 bits per heavy atom. The number of nitrogens with one attached hydrogen (secondary N) is 2. The number of para-hydroxylation sites is 1. The zero-order valence-corrected chi connectivity index (χ0v) is 24.1. The number of alkyl carbamates (subject to hydrolysis) is 1. The van der Waals surface area contributed by atoms with Crippen LogP contribution < -0.4 is 10.6 Å². The van der Waals surface area contributed by atoms with Crippen molar-refractivity contribution in [3.63, 3.8) is 0 Å². The Morgan fingerprint density at radius 3 is 2.32 bits per heavy atom. The minimum atomic E-state index is -1.01. The molecule has 0 saturated carbocycles. The van der Waals surface area contributed by atoms with Crippen LogP contribution >= 0.6 is 12.6 Å². The maximum absolute atomic E-state index is 13.9. The zero-order chi connectivity index (χ0) is 28.5. The molecule has 0 saturated heterocycles. The summed E-state index contributed by atoms with van der Waals surface area (Å²) >= 11 is 4.32. The number of amides is 3. The van der Waals surface area contributed by atoms with Crippen molar-refractivity contribution in [1.29, 1.82) is 0 Å². The van der Waals surface area contributed by atoms with E-state index in [0.29, 0.717) is 29.8 Å². The molecular formula is C29H41N3O5S.